The van der Waals surface area contributed by atoms with Gasteiger partial charge in [-0.25, -0.2) is 0 Å². The molecule has 0 spiro atoms. The second-order valence-electron chi connectivity index (χ2n) is 4.78. The highest BCUT2D eigenvalue weighted by atomic mass is 32.1. The van der Waals surface area contributed by atoms with Crippen LogP contribution >= 0.6 is 12.6 Å². The first-order chi connectivity index (χ1) is 9.74. The summed E-state index contributed by atoms with van der Waals surface area (Å²) in [5.74, 6) is 0.0741. The molecule has 2 aromatic rings. The zero-order valence-electron chi connectivity index (χ0n) is 11.4. The Hall–Kier alpha value is -1.74. The Balaban J connectivity index is 1.66. The van der Waals surface area contributed by atoms with E-state index in [-0.39, 0.29) is 5.91 Å². The van der Waals surface area contributed by atoms with Crippen molar-refractivity contribution in [3.8, 4) is 0 Å². The molecule has 104 valence electrons. The van der Waals surface area contributed by atoms with Crippen LogP contribution in [0.5, 0.6) is 0 Å². The Bertz CT molecular complexity index is 537. The van der Waals surface area contributed by atoms with Gasteiger partial charge in [0.05, 0.1) is 6.42 Å². The third kappa shape index (κ3) is 5.10. The number of rotatable bonds is 6. The Labute approximate surface area is 125 Å². The molecule has 0 fully saturated rings. The minimum absolute atomic E-state index is 0.0741. The zero-order valence-corrected chi connectivity index (χ0v) is 12.3. The predicted molar refractivity (Wildman–Crippen MR) is 85.2 cm³/mol. The molecule has 0 aliphatic carbocycles. The molecular weight excluding hydrogens is 266 g/mol. The van der Waals surface area contributed by atoms with E-state index in [1.807, 2.05) is 42.5 Å². The highest BCUT2D eigenvalue weighted by molar-refractivity contribution is 7.80. The molecule has 2 nitrogen and oxygen atoms in total. The molecule has 0 bridgehead atoms. The highest BCUT2D eigenvalue weighted by Crippen LogP contribution is 2.08. The van der Waals surface area contributed by atoms with Crippen LogP contribution in [0.4, 0.5) is 0 Å². The summed E-state index contributed by atoms with van der Waals surface area (Å²) in [6.07, 6.45) is 2.39. The molecule has 1 N–H and O–H groups in total. The van der Waals surface area contributed by atoms with Gasteiger partial charge in [-0.1, -0.05) is 42.5 Å². The molecule has 0 unspecified atom stereocenters. The number of hydrogen-bond donors (Lipinski definition) is 2. The smallest absolute Gasteiger partial charge is 0.224 e. The van der Waals surface area contributed by atoms with Crippen LogP contribution in [0, 0.1) is 0 Å². The lowest BCUT2D eigenvalue weighted by Crippen LogP contribution is -2.26. The predicted octanol–water partition coefficient (Wildman–Crippen LogP) is 3.27. The third-order valence-electron chi connectivity index (χ3n) is 3.11. The van der Waals surface area contributed by atoms with Gasteiger partial charge < -0.3 is 5.32 Å². The van der Waals surface area contributed by atoms with Gasteiger partial charge in [0.15, 0.2) is 0 Å². The van der Waals surface area contributed by atoms with Crippen molar-refractivity contribution in [3.05, 3.63) is 65.7 Å². The van der Waals surface area contributed by atoms with Crippen LogP contribution in [-0.4, -0.2) is 12.5 Å². The second-order valence-corrected chi connectivity index (χ2v) is 5.30. The monoisotopic (exact) mass is 285 g/mol. The number of thiol groups is 1. The van der Waals surface area contributed by atoms with Gasteiger partial charge in [0.2, 0.25) is 5.91 Å². The van der Waals surface area contributed by atoms with E-state index in [2.05, 4.69) is 30.1 Å². The van der Waals surface area contributed by atoms with Crippen LogP contribution in [0.2, 0.25) is 0 Å². The minimum atomic E-state index is 0.0741. The van der Waals surface area contributed by atoms with Crippen molar-refractivity contribution in [2.45, 2.75) is 24.2 Å². The zero-order chi connectivity index (χ0) is 14.2. The van der Waals surface area contributed by atoms with Crippen LogP contribution in [0.1, 0.15) is 17.5 Å². The number of aryl methyl sites for hydroxylation is 1. The summed E-state index contributed by atoms with van der Waals surface area (Å²) in [4.78, 5) is 12.7. The first-order valence-corrected chi connectivity index (χ1v) is 7.27. The summed E-state index contributed by atoms with van der Waals surface area (Å²) in [7, 11) is 0. The van der Waals surface area contributed by atoms with E-state index in [1.165, 1.54) is 5.56 Å². The van der Waals surface area contributed by atoms with Crippen molar-refractivity contribution in [1.29, 1.82) is 0 Å². The lowest BCUT2D eigenvalue weighted by molar-refractivity contribution is -0.120. The maximum atomic E-state index is 11.8. The molecule has 2 aromatic carbocycles. The quantitative estimate of drug-likeness (QED) is 0.619. The molecular formula is C17H19NOS. The summed E-state index contributed by atoms with van der Waals surface area (Å²) < 4.78 is 0. The maximum Gasteiger partial charge on any atom is 0.224 e. The van der Waals surface area contributed by atoms with Crippen molar-refractivity contribution in [2.24, 2.45) is 0 Å². The van der Waals surface area contributed by atoms with E-state index in [9.17, 15) is 4.79 Å². The highest BCUT2D eigenvalue weighted by Gasteiger charge is 2.02. The summed E-state index contributed by atoms with van der Waals surface area (Å²) in [6.45, 7) is 0.721. The first kappa shape index (κ1) is 14.7. The topological polar surface area (TPSA) is 29.1 Å². The van der Waals surface area contributed by atoms with E-state index >= 15 is 0 Å². The van der Waals surface area contributed by atoms with E-state index in [0.29, 0.717) is 6.42 Å². The van der Waals surface area contributed by atoms with Crippen LogP contribution in [-0.2, 0) is 17.6 Å². The molecule has 2 rings (SSSR count). The molecule has 3 heteroatoms. The van der Waals surface area contributed by atoms with Crippen molar-refractivity contribution < 1.29 is 4.79 Å². The molecule has 0 aromatic heterocycles. The van der Waals surface area contributed by atoms with Crippen molar-refractivity contribution in [1.82, 2.24) is 5.32 Å². The average Bonchev–Trinajstić information content (AvgIpc) is 2.47. The maximum absolute atomic E-state index is 11.8. The second kappa shape index (κ2) is 7.75. The molecule has 0 aliphatic heterocycles. The summed E-state index contributed by atoms with van der Waals surface area (Å²) in [5.41, 5.74) is 2.33. The Morgan fingerprint density at radius 3 is 2.35 bits per heavy atom. The van der Waals surface area contributed by atoms with Gasteiger partial charge in [-0.2, -0.15) is 0 Å². The fraction of sp³-hybridized carbons (Fsp3) is 0.235. The van der Waals surface area contributed by atoms with Crippen LogP contribution in [0.15, 0.2) is 59.5 Å². The molecule has 0 radical (unpaired) electrons. The van der Waals surface area contributed by atoms with Crippen LogP contribution in [0.3, 0.4) is 0 Å². The number of amides is 1. The van der Waals surface area contributed by atoms with Gasteiger partial charge in [-0.3, -0.25) is 4.79 Å². The third-order valence-corrected chi connectivity index (χ3v) is 3.41. The number of carbonyl (C=O) groups excluding carboxylic acids is 1. The number of hydrogen-bond acceptors (Lipinski definition) is 2. The number of nitrogens with one attached hydrogen (secondary N) is 1. The molecule has 0 heterocycles. The first-order valence-electron chi connectivity index (χ1n) is 6.82. The number of carbonyl (C=O) groups is 1. The molecule has 0 atom stereocenters. The lowest BCUT2D eigenvalue weighted by Gasteiger charge is -2.06. The summed E-state index contributed by atoms with van der Waals surface area (Å²) in [5, 5.41) is 2.96. The van der Waals surface area contributed by atoms with Gasteiger partial charge in [0.25, 0.3) is 0 Å². The van der Waals surface area contributed by atoms with Gasteiger partial charge >= 0.3 is 0 Å². The minimum Gasteiger partial charge on any atom is -0.356 e. The molecule has 0 saturated heterocycles. The van der Waals surface area contributed by atoms with Gasteiger partial charge in [0, 0.05) is 11.4 Å². The van der Waals surface area contributed by atoms with Crippen LogP contribution in [0.25, 0.3) is 0 Å². The van der Waals surface area contributed by atoms with Crippen molar-refractivity contribution in [3.63, 3.8) is 0 Å². The van der Waals surface area contributed by atoms with Crippen molar-refractivity contribution >= 4 is 18.5 Å². The van der Waals surface area contributed by atoms with E-state index in [0.717, 1.165) is 29.8 Å². The molecule has 0 aliphatic rings. The largest absolute Gasteiger partial charge is 0.356 e. The lowest BCUT2D eigenvalue weighted by atomic mass is 10.1. The fourth-order valence-electron chi connectivity index (χ4n) is 2.03. The van der Waals surface area contributed by atoms with Gasteiger partial charge in [-0.15, -0.1) is 12.6 Å². The Kier molecular flexibility index (Phi) is 5.69. The Morgan fingerprint density at radius 2 is 1.65 bits per heavy atom. The summed E-state index contributed by atoms with van der Waals surface area (Å²) in [6, 6.07) is 18.0. The standard InChI is InChI=1S/C17H19NOS/c19-17(13-15-8-10-16(20)11-9-15)18-12-4-7-14-5-2-1-3-6-14/h1-3,5-6,8-11,20H,4,7,12-13H2,(H,18,19). The SMILES string of the molecule is O=C(Cc1ccc(S)cc1)NCCCc1ccccc1. The van der Waals surface area contributed by atoms with E-state index < -0.39 is 0 Å². The number of benzene rings is 2. The van der Waals surface area contributed by atoms with Gasteiger partial charge in [-0.05, 0) is 36.1 Å². The van der Waals surface area contributed by atoms with Gasteiger partial charge in [0.1, 0.15) is 0 Å². The van der Waals surface area contributed by atoms with E-state index in [4.69, 9.17) is 0 Å². The van der Waals surface area contributed by atoms with Crippen LogP contribution < -0.4 is 5.32 Å². The normalized spacial score (nSPS) is 10.2. The van der Waals surface area contributed by atoms with Crippen molar-refractivity contribution in [2.75, 3.05) is 6.54 Å². The summed E-state index contributed by atoms with van der Waals surface area (Å²) >= 11 is 4.23. The molecule has 1 amide bonds. The Morgan fingerprint density at radius 1 is 0.950 bits per heavy atom. The average molecular weight is 285 g/mol. The molecule has 0 saturated carbocycles. The van der Waals surface area contributed by atoms with E-state index in [1.54, 1.807) is 0 Å². The molecule has 20 heavy (non-hydrogen) atoms. The fourth-order valence-corrected chi connectivity index (χ4v) is 2.18.